The number of rotatable bonds is 6. The van der Waals surface area contributed by atoms with Crippen LogP contribution in [0, 0.1) is 5.82 Å². The van der Waals surface area contributed by atoms with Crippen LogP contribution < -0.4 is 4.74 Å². The minimum Gasteiger partial charge on any atom is -0.489 e. The molecule has 0 heterocycles. The molecule has 0 aliphatic heterocycles. The van der Waals surface area contributed by atoms with Gasteiger partial charge in [0.1, 0.15) is 18.2 Å². The molecule has 2 N–H and O–H groups in total. The van der Waals surface area contributed by atoms with E-state index in [1.165, 1.54) is 12.1 Å². The van der Waals surface area contributed by atoms with Crippen LogP contribution in [0.25, 0.3) is 0 Å². The Morgan fingerprint density at radius 2 is 1.86 bits per heavy atom. The van der Waals surface area contributed by atoms with Crippen molar-refractivity contribution in [1.29, 1.82) is 0 Å². The minimum atomic E-state index is -0.921. The van der Waals surface area contributed by atoms with Crippen LogP contribution in [0.2, 0.25) is 0 Å². The molecule has 0 saturated heterocycles. The van der Waals surface area contributed by atoms with Gasteiger partial charge in [-0.15, -0.1) is 0 Å². The standard InChI is InChI=1S/C16H15FO4/c17-14-5-11(9-18)6-15(8-14)21-10-13-4-2-1-3-12(13)7-16(19)20/h1-6,8,18H,7,9-10H2,(H,19,20). The number of carbonyl (C=O) groups is 1. The van der Waals surface area contributed by atoms with Gasteiger partial charge in [0.15, 0.2) is 0 Å². The molecular weight excluding hydrogens is 275 g/mol. The summed E-state index contributed by atoms with van der Waals surface area (Å²) in [5, 5.41) is 17.9. The maximum atomic E-state index is 13.3. The van der Waals surface area contributed by atoms with Gasteiger partial charge in [0.25, 0.3) is 0 Å². The first-order chi connectivity index (χ1) is 10.1. The first-order valence-corrected chi connectivity index (χ1v) is 6.40. The van der Waals surface area contributed by atoms with E-state index in [0.29, 0.717) is 16.9 Å². The highest BCUT2D eigenvalue weighted by molar-refractivity contribution is 5.70. The summed E-state index contributed by atoms with van der Waals surface area (Å²) in [6.07, 6.45) is -0.0927. The summed E-state index contributed by atoms with van der Waals surface area (Å²) in [5.74, 6) is -1.12. The molecule has 0 saturated carbocycles. The Morgan fingerprint density at radius 3 is 2.52 bits per heavy atom. The Balaban J connectivity index is 2.13. The zero-order chi connectivity index (χ0) is 15.2. The summed E-state index contributed by atoms with van der Waals surface area (Å²) in [4.78, 5) is 10.8. The third-order valence-electron chi connectivity index (χ3n) is 2.97. The molecule has 0 spiro atoms. The summed E-state index contributed by atoms with van der Waals surface area (Å²) in [5.41, 5.74) is 1.81. The van der Waals surface area contributed by atoms with Gasteiger partial charge >= 0.3 is 5.97 Å². The number of hydrogen-bond donors (Lipinski definition) is 2. The molecule has 0 aliphatic carbocycles. The van der Waals surface area contributed by atoms with Crippen LogP contribution in [0.1, 0.15) is 16.7 Å². The monoisotopic (exact) mass is 290 g/mol. The first-order valence-electron chi connectivity index (χ1n) is 6.40. The van der Waals surface area contributed by atoms with Crippen molar-refractivity contribution in [2.24, 2.45) is 0 Å². The van der Waals surface area contributed by atoms with Crippen molar-refractivity contribution in [1.82, 2.24) is 0 Å². The van der Waals surface area contributed by atoms with Crippen molar-refractivity contribution in [3.05, 3.63) is 65.0 Å². The number of aliphatic carboxylic acids is 1. The number of carboxylic acids is 1. The van der Waals surface area contributed by atoms with Crippen molar-refractivity contribution >= 4 is 5.97 Å². The van der Waals surface area contributed by atoms with Crippen LogP contribution in [0.3, 0.4) is 0 Å². The largest absolute Gasteiger partial charge is 0.489 e. The molecular formula is C16H15FO4. The van der Waals surface area contributed by atoms with Crippen molar-refractivity contribution in [3.63, 3.8) is 0 Å². The van der Waals surface area contributed by atoms with Crippen molar-refractivity contribution in [2.75, 3.05) is 0 Å². The maximum absolute atomic E-state index is 13.3. The van der Waals surface area contributed by atoms with Crippen LogP contribution in [-0.2, 0) is 24.4 Å². The molecule has 0 radical (unpaired) electrons. The lowest BCUT2D eigenvalue weighted by molar-refractivity contribution is -0.136. The van der Waals surface area contributed by atoms with Crippen LogP contribution in [0.4, 0.5) is 4.39 Å². The summed E-state index contributed by atoms with van der Waals surface area (Å²) < 4.78 is 18.8. The highest BCUT2D eigenvalue weighted by Crippen LogP contribution is 2.19. The zero-order valence-electron chi connectivity index (χ0n) is 11.3. The van der Waals surface area contributed by atoms with Gasteiger partial charge in [-0.3, -0.25) is 4.79 Å². The summed E-state index contributed by atoms with van der Waals surface area (Å²) in [6, 6.07) is 11.0. The molecule has 110 valence electrons. The Labute approximate surface area is 121 Å². The molecule has 0 unspecified atom stereocenters. The van der Waals surface area contributed by atoms with Gasteiger partial charge in [0, 0.05) is 6.07 Å². The van der Waals surface area contributed by atoms with E-state index in [1.807, 2.05) is 0 Å². The summed E-state index contributed by atoms with van der Waals surface area (Å²) >= 11 is 0. The molecule has 2 aromatic rings. The number of ether oxygens (including phenoxy) is 1. The molecule has 0 atom stereocenters. The second kappa shape index (κ2) is 6.85. The van der Waals surface area contributed by atoms with E-state index in [1.54, 1.807) is 30.3 Å². The van der Waals surface area contributed by atoms with Crippen LogP contribution >= 0.6 is 0 Å². The molecule has 0 aliphatic rings. The number of aliphatic hydroxyl groups excluding tert-OH is 1. The van der Waals surface area contributed by atoms with Crippen molar-refractivity contribution in [3.8, 4) is 5.75 Å². The molecule has 4 nitrogen and oxygen atoms in total. The Bertz CT molecular complexity index is 640. The summed E-state index contributed by atoms with van der Waals surface area (Å²) in [7, 11) is 0. The molecule has 2 aromatic carbocycles. The molecule has 0 fully saturated rings. The van der Waals surface area contributed by atoms with E-state index in [-0.39, 0.29) is 19.6 Å². The second-order valence-corrected chi connectivity index (χ2v) is 4.58. The van der Waals surface area contributed by atoms with Gasteiger partial charge in [0.2, 0.25) is 0 Å². The quantitative estimate of drug-likeness (QED) is 0.858. The Morgan fingerprint density at radius 1 is 1.14 bits per heavy atom. The molecule has 2 rings (SSSR count). The lowest BCUT2D eigenvalue weighted by Crippen LogP contribution is -2.06. The zero-order valence-corrected chi connectivity index (χ0v) is 11.3. The lowest BCUT2D eigenvalue weighted by atomic mass is 10.1. The van der Waals surface area contributed by atoms with Gasteiger partial charge in [-0.1, -0.05) is 24.3 Å². The molecule has 0 aromatic heterocycles. The third-order valence-corrected chi connectivity index (χ3v) is 2.97. The normalized spacial score (nSPS) is 10.4. The highest BCUT2D eigenvalue weighted by Gasteiger charge is 2.08. The first kappa shape index (κ1) is 15.0. The minimum absolute atomic E-state index is 0.0927. The van der Waals surface area contributed by atoms with Gasteiger partial charge in [-0.2, -0.15) is 0 Å². The number of halogens is 1. The third kappa shape index (κ3) is 4.29. The second-order valence-electron chi connectivity index (χ2n) is 4.58. The maximum Gasteiger partial charge on any atom is 0.307 e. The van der Waals surface area contributed by atoms with Crippen LogP contribution in [0.15, 0.2) is 42.5 Å². The topological polar surface area (TPSA) is 66.8 Å². The van der Waals surface area contributed by atoms with Gasteiger partial charge in [0.05, 0.1) is 13.0 Å². The van der Waals surface area contributed by atoms with E-state index >= 15 is 0 Å². The number of aliphatic hydroxyl groups is 1. The van der Waals surface area contributed by atoms with Crippen molar-refractivity contribution < 1.29 is 24.1 Å². The van der Waals surface area contributed by atoms with Crippen LogP contribution in [-0.4, -0.2) is 16.2 Å². The average molecular weight is 290 g/mol. The van der Waals surface area contributed by atoms with Crippen LogP contribution in [0.5, 0.6) is 5.75 Å². The SMILES string of the molecule is O=C(O)Cc1ccccc1COc1cc(F)cc(CO)c1. The van der Waals surface area contributed by atoms with Gasteiger partial charge in [-0.05, 0) is 28.8 Å². The van der Waals surface area contributed by atoms with E-state index in [2.05, 4.69) is 0 Å². The van der Waals surface area contributed by atoms with E-state index in [0.717, 1.165) is 5.56 Å². The average Bonchev–Trinajstić information content (AvgIpc) is 2.45. The smallest absolute Gasteiger partial charge is 0.307 e. The Hall–Kier alpha value is -2.40. The van der Waals surface area contributed by atoms with Gasteiger partial charge in [-0.25, -0.2) is 4.39 Å². The fraction of sp³-hybridized carbons (Fsp3) is 0.188. The molecule has 0 amide bonds. The summed E-state index contributed by atoms with van der Waals surface area (Å²) in [6.45, 7) is -0.137. The predicted molar refractivity (Wildman–Crippen MR) is 74.4 cm³/mol. The fourth-order valence-corrected chi connectivity index (χ4v) is 1.99. The van der Waals surface area contributed by atoms with E-state index < -0.39 is 11.8 Å². The lowest BCUT2D eigenvalue weighted by Gasteiger charge is -2.11. The number of hydrogen-bond acceptors (Lipinski definition) is 3. The number of benzene rings is 2. The van der Waals surface area contributed by atoms with Gasteiger partial charge < -0.3 is 14.9 Å². The van der Waals surface area contributed by atoms with E-state index in [4.69, 9.17) is 14.9 Å². The Kier molecular flexibility index (Phi) is 4.90. The predicted octanol–water partition coefficient (Wildman–Crippen LogP) is 2.52. The molecule has 5 heteroatoms. The fourth-order valence-electron chi connectivity index (χ4n) is 1.99. The number of carboxylic acid groups (broad SMARTS) is 1. The van der Waals surface area contributed by atoms with Crippen molar-refractivity contribution in [2.45, 2.75) is 19.6 Å². The molecule has 21 heavy (non-hydrogen) atoms. The molecule has 0 bridgehead atoms. The van der Waals surface area contributed by atoms with E-state index in [9.17, 15) is 9.18 Å². The highest BCUT2D eigenvalue weighted by atomic mass is 19.1.